The van der Waals surface area contributed by atoms with Crippen LogP contribution in [-0.4, -0.2) is 24.2 Å². The van der Waals surface area contributed by atoms with Crippen molar-refractivity contribution >= 4 is 24.1 Å². The third-order valence-electron chi connectivity index (χ3n) is 1.98. The zero-order chi connectivity index (χ0) is 12.5. The average molecular weight is 254 g/mol. The number of hydrogen-bond donors (Lipinski definition) is 2. The van der Waals surface area contributed by atoms with Crippen LogP contribution in [0.2, 0.25) is 0 Å². The van der Waals surface area contributed by atoms with Crippen LogP contribution in [-0.2, 0) is 15.4 Å². The van der Waals surface area contributed by atoms with Crippen LogP contribution in [0.3, 0.4) is 0 Å². The number of hydrogen-bond acceptors (Lipinski definition) is 5. The van der Waals surface area contributed by atoms with Crippen LogP contribution in [0, 0.1) is 0 Å². The second kappa shape index (κ2) is 7.70. The third kappa shape index (κ3) is 5.37. The van der Waals surface area contributed by atoms with E-state index in [1.54, 1.807) is 11.8 Å². The minimum absolute atomic E-state index is 0.480. The van der Waals surface area contributed by atoms with Gasteiger partial charge in [0.25, 0.3) is 0 Å². The summed E-state index contributed by atoms with van der Waals surface area (Å²) in [5.74, 6) is 5.92. The van der Waals surface area contributed by atoms with Gasteiger partial charge in [-0.3, -0.25) is 0 Å². The van der Waals surface area contributed by atoms with E-state index in [1.165, 1.54) is 5.56 Å². The summed E-state index contributed by atoms with van der Waals surface area (Å²) in [5, 5.41) is 2.33. The van der Waals surface area contributed by atoms with Crippen LogP contribution in [0.5, 0.6) is 0 Å². The lowest BCUT2D eigenvalue weighted by molar-refractivity contribution is -0.109. The van der Waals surface area contributed by atoms with Gasteiger partial charge in [-0.15, -0.1) is 0 Å². The van der Waals surface area contributed by atoms with Gasteiger partial charge in [0.15, 0.2) is 0 Å². The highest BCUT2D eigenvalue weighted by atomic mass is 32.2. The Labute approximate surface area is 104 Å². The summed E-state index contributed by atoms with van der Waals surface area (Å²) in [4.78, 5) is 25.4. The molecule has 6 heteroatoms. The van der Waals surface area contributed by atoms with E-state index in [0.717, 1.165) is 5.75 Å². The van der Waals surface area contributed by atoms with Crippen LogP contribution in [0.25, 0.3) is 0 Å². The first kappa shape index (κ1) is 13.5. The first-order valence-electron chi connectivity index (χ1n) is 5.00. The number of aldehydes is 1. The lowest BCUT2D eigenvalue weighted by Crippen LogP contribution is -2.39. The van der Waals surface area contributed by atoms with Gasteiger partial charge in [0.2, 0.25) is 0 Å². The molecule has 0 saturated heterocycles. The van der Waals surface area contributed by atoms with Crippen molar-refractivity contribution in [3.8, 4) is 0 Å². The molecule has 0 radical (unpaired) electrons. The molecule has 1 atom stereocenters. The van der Waals surface area contributed by atoms with E-state index in [9.17, 15) is 9.59 Å². The Kier molecular flexibility index (Phi) is 6.13. The van der Waals surface area contributed by atoms with E-state index in [0.29, 0.717) is 12.0 Å². The van der Waals surface area contributed by atoms with Gasteiger partial charge in [0.1, 0.15) is 6.29 Å². The largest absolute Gasteiger partial charge is 0.426 e. The number of carbonyl (C=O) groups is 2. The lowest BCUT2D eigenvalue weighted by Gasteiger charge is -2.10. The lowest BCUT2D eigenvalue weighted by atomic mass is 10.2. The molecule has 0 aliphatic rings. The summed E-state index contributed by atoms with van der Waals surface area (Å²) in [6.07, 6.45) is -0.142. The Balaban J connectivity index is 2.29. The topological polar surface area (TPSA) is 81.4 Å². The molecule has 0 saturated carbocycles. The van der Waals surface area contributed by atoms with Crippen molar-refractivity contribution in [1.82, 2.24) is 5.32 Å². The normalized spacial score (nSPS) is 11.6. The molecule has 92 valence electrons. The van der Waals surface area contributed by atoms with E-state index in [1.807, 2.05) is 30.3 Å². The molecule has 0 spiro atoms. The van der Waals surface area contributed by atoms with Crippen LogP contribution < -0.4 is 11.2 Å². The van der Waals surface area contributed by atoms with Crippen molar-refractivity contribution in [2.45, 2.75) is 11.8 Å². The number of carbonyl (C=O) groups excluding carboxylic acids is 2. The predicted octanol–water partition coefficient (Wildman–Crippen LogP) is 1.09. The number of nitrogens with two attached hydrogens (primary N) is 1. The minimum Gasteiger partial charge on any atom is -0.357 e. The van der Waals surface area contributed by atoms with Crippen LogP contribution in [0.15, 0.2) is 30.3 Å². The Bertz CT molecular complexity index is 359. The summed E-state index contributed by atoms with van der Waals surface area (Å²) in [7, 11) is 0. The third-order valence-corrected chi connectivity index (χ3v) is 3.12. The fourth-order valence-electron chi connectivity index (χ4n) is 1.18. The van der Waals surface area contributed by atoms with Gasteiger partial charge in [-0.25, -0.2) is 4.79 Å². The average Bonchev–Trinajstić information content (AvgIpc) is 2.38. The van der Waals surface area contributed by atoms with Gasteiger partial charge < -0.3 is 14.9 Å². The number of thioether (sulfide) groups is 1. The second-order valence-electron chi connectivity index (χ2n) is 3.29. The van der Waals surface area contributed by atoms with Gasteiger partial charge in [0.05, 0.1) is 6.04 Å². The van der Waals surface area contributed by atoms with Gasteiger partial charge in [0, 0.05) is 11.5 Å². The fourth-order valence-corrected chi connectivity index (χ4v) is 2.14. The van der Waals surface area contributed by atoms with E-state index >= 15 is 0 Å². The monoisotopic (exact) mass is 254 g/mol. The van der Waals surface area contributed by atoms with E-state index < -0.39 is 12.1 Å². The summed E-state index contributed by atoms with van der Waals surface area (Å²) < 4.78 is 0. The number of benzene rings is 1. The van der Waals surface area contributed by atoms with Gasteiger partial charge in [-0.1, -0.05) is 30.3 Å². The van der Waals surface area contributed by atoms with Gasteiger partial charge in [-0.2, -0.15) is 17.7 Å². The molecule has 0 aromatic heterocycles. The van der Waals surface area contributed by atoms with E-state index in [2.05, 4.69) is 16.1 Å². The predicted molar refractivity (Wildman–Crippen MR) is 66.3 cm³/mol. The summed E-state index contributed by atoms with van der Waals surface area (Å²) >= 11 is 1.55. The molecule has 1 aromatic carbocycles. The molecule has 1 amide bonds. The van der Waals surface area contributed by atoms with Crippen molar-refractivity contribution < 1.29 is 14.4 Å². The molecule has 17 heavy (non-hydrogen) atoms. The number of amides is 1. The molecule has 0 aliphatic carbocycles. The maximum Gasteiger partial charge on any atom is 0.426 e. The molecule has 1 aromatic rings. The van der Waals surface area contributed by atoms with Crippen molar-refractivity contribution in [1.29, 1.82) is 0 Å². The highest BCUT2D eigenvalue weighted by Gasteiger charge is 2.11. The summed E-state index contributed by atoms with van der Waals surface area (Å²) in [5.41, 5.74) is 1.17. The standard InChI is InChI=1S/C11H14N2O3S/c12-16-11(15)13-10(6-14)8-17-7-9-4-2-1-3-5-9/h1-6,10H,7-8,12H2,(H,13,15). The molecule has 1 unspecified atom stereocenters. The fraction of sp³-hybridized carbons (Fsp3) is 0.273. The highest BCUT2D eigenvalue weighted by Crippen LogP contribution is 2.12. The molecule has 5 nitrogen and oxygen atoms in total. The number of rotatable bonds is 6. The maximum atomic E-state index is 10.8. The molecule has 3 N–H and O–H groups in total. The first-order chi connectivity index (χ1) is 8.26. The molecule has 0 heterocycles. The summed E-state index contributed by atoms with van der Waals surface area (Å²) in [6, 6.07) is 9.28. The smallest absolute Gasteiger partial charge is 0.357 e. The Hall–Kier alpha value is -1.53. The minimum atomic E-state index is -0.803. The second-order valence-corrected chi connectivity index (χ2v) is 4.32. The van der Waals surface area contributed by atoms with E-state index in [4.69, 9.17) is 0 Å². The van der Waals surface area contributed by atoms with Crippen molar-refractivity contribution in [3.05, 3.63) is 35.9 Å². The quantitative estimate of drug-likeness (QED) is 0.586. The van der Waals surface area contributed by atoms with Crippen molar-refractivity contribution in [2.75, 3.05) is 5.75 Å². The number of nitrogens with one attached hydrogen (secondary N) is 1. The van der Waals surface area contributed by atoms with Crippen LogP contribution in [0.1, 0.15) is 5.56 Å². The van der Waals surface area contributed by atoms with Crippen molar-refractivity contribution in [2.24, 2.45) is 5.90 Å². The Morgan fingerprint density at radius 3 is 2.76 bits per heavy atom. The molecule has 1 rings (SSSR count). The molecule has 0 bridgehead atoms. The van der Waals surface area contributed by atoms with Crippen molar-refractivity contribution in [3.63, 3.8) is 0 Å². The van der Waals surface area contributed by atoms with E-state index in [-0.39, 0.29) is 0 Å². The zero-order valence-corrected chi connectivity index (χ0v) is 9.98. The van der Waals surface area contributed by atoms with Gasteiger partial charge >= 0.3 is 6.09 Å². The van der Waals surface area contributed by atoms with Gasteiger partial charge in [-0.05, 0) is 5.56 Å². The molecular weight excluding hydrogens is 240 g/mol. The Morgan fingerprint density at radius 1 is 1.47 bits per heavy atom. The molecular formula is C11H14N2O3S. The van der Waals surface area contributed by atoms with Crippen LogP contribution in [0.4, 0.5) is 4.79 Å². The maximum absolute atomic E-state index is 10.8. The zero-order valence-electron chi connectivity index (χ0n) is 9.17. The molecule has 0 aliphatic heterocycles. The molecule has 0 fully saturated rings. The SMILES string of the molecule is NOC(=O)NC(C=O)CSCc1ccccc1. The summed E-state index contributed by atoms with van der Waals surface area (Å²) in [6.45, 7) is 0. The first-order valence-corrected chi connectivity index (χ1v) is 6.16. The Morgan fingerprint density at radius 2 is 2.18 bits per heavy atom. The van der Waals surface area contributed by atoms with Crippen LogP contribution >= 0.6 is 11.8 Å². The highest BCUT2D eigenvalue weighted by molar-refractivity contribution is 7.98.